The minimum absolute atomic E-state index is 0. The average Bonchev–Trinajstić information content (AvgIpc) is 2.98. The minimum Gasteiger partial charge on any atom is -0.369 e. The first kappa shape index (κ1) is 22.7. The molecular formula is C19H28ClF3N4O. The topological polar surface area (TPSA) is 39.7 Å². The van der Waals surface area contributed by atoms with Gasteiger partial charge in [0.05, 0.1) is 17.8 Å². The van der Waals surface area contributed by atoms with Gasteiger partial charge in [-0.05, 0) is 38.8 Å². The summed E-state index contributed by atoms with van der Waals surface area (Å²) >= 11 is 0. The van der Waals surface area contributed by atoms with E-state index in [4.69, 9.17) is 0 Å². The Morgan fingerprint density at radius 2 is 1.89 bits per heavy atom. The van der Waals surface area contributed by atoms with E-state index in [2.05, 4.69) is 23.7 Å². The van der Waals surface area contributed by atoms with Crippen molar-refractivity contribution < 1.29 is 18.0 Å². The van der Waals surface area contributed by atoms with Crippen molar-refractivity contribution in [2.45, 2.75) is 38.9 Å². The van der Waals surface area contributed by atoms with E-state index in [1.807, 2.05) is 9.80 Å². The van der Waals surface area contributed by atoms with Crippen LogP contribution in [0.3, 0.4) is 0 Å². The van der Waals surface area contributed by atoms with Crippen molar-refractivity contribution in [2.75, 3.05) is 44.2 Å². The molecular weight excluding hydrogens is 393 g/mol. The van der Waals surface area contributed by atoms with E-state index in [0.29, 0.717) is 24.8 Å². The van der Waals surface area contributed by atoms with E-state index in [-0.39, 0.29) is 24.2 Å². The van der Waals surface area contributed by atoms with Crippen LogP contribution in [0.25, 0.3) is 0 Å². The molecule has 28 heavy (non-hydrogen) atoms. The van der Waals surface area contributed by atoms with E-state index in [9.17, 15) is 18.0 Å². The number of nitrogens with zero attached hydrogens (tertiary/aromatic N) is 4. The number of rotatable bonds is 3. The molecule has 2 saturated heterocycles. The van der Waals surface area contributed by atoms with E-state index >= 15 is 0 Å². The molecule has 0 spiro atoms. The zero-order chi connectivity index (χ0) is 19.6. The fourth-order valence-corrected chi connectivity index (χ4v) is 3.87. The molecule has 1 aromatic heterocycles. The molecule has 158 valence electrons. The smallest absolute Gasteiger partial charge is 0.369 e. The maximum absolute atomic E-state index is 12.9. The van der Waals surface area contributed by atoms with Gasteiger partial charge in [0.15, 0.2) is 0 Å². The van der Waals surface area contributed by atoms with Crippen LogP contribution in [0.2, 0.25) is 0 Å². The molecule has 1 atom stereocenters. The van der Waals surface area contributed by atoms with Gasteiger partial charge in [0.1, 0.15) is 5.69 Å². The summed E-state index contributed by atoms with van der Waals surface area (Å²) in [5, 5.41) is 0. The second-order valence-electron chi connectivity index (χ2n) is 7.64. The van der Waals surface area contributed by atoms with Gasteiger partial charge in [-0.1, -0.05) is 0 Å². The molecule has 1 amide bonds. The van der Waals surface area contributed by atoms with Gasteiger partial charge < -0.3 is 9.80 Å². The molecule has 0 saturated carbocycles. The molecule has 3 rings (SSSR count). The third-order valence-corrected chi connectivity index (χ3v) is 5.51. The fourth-order valence-electron chi connectivity index (χ4n) is 3.87. The second kappa shape index (κ2) is 9.31. The Labute approximate surface area is 170 Å². The number of amides is 1. The van der Waals surface area contributed by atoms with Gasteiger partial charge in [0, 0.05) is 45.3 Å². The highest BCUT2D eigenvalue weighted by atomic mass is 35.5. The molecule has 2 aliphatic heterocycles. The number of alkyl halides is 3. The fraction of sp³-hybridized carbons (Fsp3) is 0.684. The van der Waals surface area contributed by atoms with E-state index in [0.717, 1.165) is 45.1 Å². The highest BCUT2D eigenvalue weighted by Gasteiger charge is 2.34. The van der Waals surface area contributed by atoms with Crippen molar-refractivity contribution in [2.24, 2.45) is 5.92 Å². The number of carbonyl (C=O) groups excluding carboxylic acids is 1. The number of aromatic nitrogens is 1. The Balaban J connectivity index is 0.00000280. The lowest BCUT2D eigenvalue weighted by Crippen LogP contribution is -2.40. The van der Waals surface area contributed by atoms with Gasteiger partial charge in [0.25, 0.3) is 0 Å². The number of pyridine rings is 1. The van der Waals surface area contributed by atoms with Crippen LogP contribution in [0.4, 0.5) is 18.9 Å². The number of carbonyl (C=O) groups is 1. The van der Waals surface area contributed by atoms with E-state index < -0.39 is 11.9 Å². The SMILES string of the molecule is CC(C)N1CCCN(C(=O)C2CCN(c3ccc(C(F)(F)F)nc3)C2)CC1.Cl. The van der Waals surface area contributed by atoms with Crippen LogP contribution in [0, 0.1) is 5.92 Å². The Morgan fingerprint density at radius 3 is 2.50 bits per heavy atom. The summed E-state index contributed by atoms with van der Waals surface area (Å²) in [5.41, 5.74) is -0.252. The van der Waals surface area contributed by atoms with Gasteiger partial charge in [-0.2, -0.15) is 13.2 Å². The Hall–Kier alpha value is -1.54. The lowest BCUT2D eigenvalue weighted by Gasteiger charge is -2.26. The molecule has 3 heterocycles. The number of halogens is 4. The standard InChI is InChI=1S/C19H27F3N4O.ClH/c1-14(2)24-7-3-8-25(11-10-24)18(27)15-6-9-26(13-15)16-4-5-17(23-12-16)19(20,21)22;/h4-5,12,14-15H,3,6-11,13H2,1-2H3;1H. The van der Waals surface area contributed by atoms with Gasteiger partial charge >= 0.3 is 6.18 Å². The van der Waals surface area contributed by atoms with Crippen molar-refractivity contribution in [3.8, 4) is 0 Å². The molecule has 1 aromatic rings. The van der Waals surface area contributed by atoms with Crippen molar-refractivity contribution in [3.63, 3.8) is 0 Å². The largest absolute Gasteiger partial charge is 0.433 e. The summed E-state index contributed by atoms with van der Waals surface area (Å²) in [5.74, 6) is 0.0702. The van der Waals surface area contributed by atoms with Crippen LogP contribution in [0.1, 0.15) is 32.4 Å². The Morgan fingerprint density at radius 1 is 1.14 bits per heavy atom. The lowest BCUT2D eigenvalue weighted by atomic mass is 10.1. The molecule has 9 heteroatoms. The molecule has 5 nitrogen and oxygen atoms in total. The van der Waals surface area contributed by atoms with Gasteiger partial charge in [-0.25, -0.2) is 4.98 Å². The van der Waals surface area contributed by atoms with Crippen LogP contribution in [0.5, 0.6) is 0 Å². The second-order valence-corrected chi connectivity index (χ2v) is 7.64. The van der Waals surface area contributed by atoms with Crippen LogP contribution >= 0.6 is 12.4 Å². The average molecular weight is 421 g/mol. The zero-order valence-electron chi connectivity index (χ0n) is 16.3. The Kier molecular flexibility index (Phi) is 7.56. The van der Waals surface area contributed by atoms with E-state index in [1.165, 1.54) is 12.3 Å². The maximum Gasteiger partial charge on any atom is 0.433 e. The normalized spacial score (nSPS) is 21.6. The quantitative estimate of drug-likeness (QED) is 0.752. The number of anilines is 1. The van der Waals surface area contributed by atoms with Crippen molar-refractivity contribution in [3.05, 3.63) is 24.0 Å². The minimum atomic E-state index is -4.43. The summed E-state index contributed by atoms with van der Waals surface area (Å²) in [4.78, 5) is 22.7. The van der Waals surface area contributed by atoms with Crippen molar-refractivity contribution in [1.29, 1.82) is 0 Å². The highest BCUT2D eigenvalue weighted by molar-refractivity contribution is 5.85. The third kappa shape index (κ3) is 5.29. The third-order valence-electron chi connectivity index (χ3n) is 5.51. The van der Waals surface area contributed by atoms with Gasteiger partial charge in [-0.15, -0.1) is 12.4 Å². The molecule has 1 unspecified atom stereocenters. The van der Waals surface area contributed by atoms with Crippen LogP contribution in [-0.2, 0) is 11.0 Å². The van der Waals surface area contributed by atoms with Crippen molar-refractivity contribution in [1.82, 2.24) is 14.8 Å². The summed E-state index contributed by atoms with van der Waals surface area (Å²) < 4.78 is 38.0. The summed E-state index contributed by atoms with van der Waals surface area (Å²) in [6, 6.07) is 2.92. The van der Waals surface area contributed by atoms with Crippen LogP contribution in [0.15, 0.2) is 18.3 Å². The first-order valence-corrected chi connectivity index (χ1v) is 9.56. The predicted octanol–water partition coefficient (Wildman–Crippen LogP) is 3.29. The molecule has 2 aliphatic rings. The molecule has 2 fully saturated rings. The van der Waals surface area contributed by atoms with Crippen LogP contribution < -0.4 is 4.90 Å². The predicted molar refractivity (Wildman–Crippen MR) is 105 cm³/mol. The molecule has 0 radical (unpaired) electrons. The summed E-state index contributed by atoms with van der Waals surface area (Å²) in [6.45, 7) is 8.97. The number of hydrogen-bond acceptors (Lipinski definition) is 4. The Bertz CT molecular complexity index is 654. The van der Waals surface area contributed by atoms with Gasteiger partial charge in [0.2, 0.25) is 5.91 Å². The first-order valence-electron chi connectivity index (χ1n) is 9.56. The molecule has 0 aliphatic carbocycles. The molecule has 0 N–H and O–H groups in total. The zero-order valence-corrected chi connectivity index (χ0v) is 17.1. The monoisotopic (exact) mass is 420 g/mol. The van der Waals surface area contributed by atoms with Crippen molar-refractivity contribution >= 4 is 24.0 Å². The maximum atomic E-state index is 12.9. The number of hydrogen-bond donors (Lipinski definition) is 0. The first-order chi connectivity index (χ1) is 12.8. The summed E-state index contributed by atoms with van der Waals surface area (Å²) in [7, 11) is 0. The van der Waals surface area contributed by atoms with E-state index in [1.54, 1.807) is 0 Å². The molecule has 0 aromatic carbocycles. The van der Waals surface area contributed by atoms with Crippen LogP contribution in [-0.4, -0.2) is 66.0 Å². The lowest BCUT2D eigenvalue weighted by molar-refractivity contribution is -0.141. The van der Waals surface area contributed by atoms with Gasteiger partial charge in [-0.3, -0.25) is 9.69 Å². The highest BCUT2D eigenvalue weighted by Crippen LogP contribution is 2.30. The summed E-state index contributed by atoms with van der Waals surface area (Å²) in [6.07, 6.45) is -1.48. The molecule has 0 bridgehead atoms.